The van der Waals surface area contributed by atoms with Crippen molar-refractivity contribution in [1.29, 1.82) is 0 Å². The van der Waals surface area contributed by atoms with Gasteiger partial charge in [0.2, 0.25) is 5.91 Å². The van der Waals surface area contributed by atoms with Crippen LogP contribution in [0.3, 0.4) is 0 Å². The smallest absolute Gasteiger partial charge is 0.321 e. The number of rotatable bonds is 7. The van der Waals surface area contributed by atoms with Crippen molar-refractivity contribution in [3.05, 3.63) is 71.0 Å². The molecule has 0 saturated heterocycles. The van der Waals surface area contributed by atoms with Crippen molar-refractivity contribution in [2.24, 2.45) is 0 Å². The Bertz CT molecular complexity index is 1040. The number of benzene rings is 2. The zero-order valence-electron chi connectivity index (χ0n) is 16.0. The van der Waals surface area contributed by atoms with Crippen molar-refractivity contribution in [2.75, 3.05) is 5.75 Å². The summed E-state index contributed by atoms with van der Waals surface area (Å²) in [6.45, 7) is 0. The van der Waals surface area contributed by atoms with E-state index in [1.165, 1.54) is 11.8 Å². The predicted octanol–water partition coefficient (Wildman–Crippen LogP) is 3.59. The second-order valence-electron chi connectivity index (χ2n) is 6.96. The van der Waals surface area contributed by atoms with Gasteiger partial charge >= 0.3 is 6.03 Å². The first-order chi connectivity index (χ1) is 14.6. The van der Waals surface area contributed by atoms with Crippen LogP contribution in [0.1, 0.15) is 24.2 Å². The lowest BCUT2D eigenvalue weighted by atomic mass is 10.1. The van der Waals surface area contributed by atoms with E-state index in [9.17, 15) is 9.59 Å². The molecular formula is C21H20ClN5O2S. The van der Waals surface area contributed by atoms with E-state index in [0.717, 1.165) is 29.9 Å². The molecule has 3 amide bonds. The summed E-state index contributed by atoms with van der Waals surface area (Å²) < 4.78 is 1.91. The number of amides is 3. The van der Waals surface area contributed by atoms with Gasteiger partial charge in [-0.25, -0.2) is 4.79 Å². The Morgan fingerprint density at radius 3 is 2.50 bits per heavy atom. The van der Waals surface area contributed by atoms with Crippen LogP contribution in [0.15, 0.2) is 59.8 Å². The number of thioether (sulfide) groups is 1. The summed E-state index contributed by atoms with van der Waals surface area (Å²) >= 11 is 7.26. The molecule has 1 saturated carbocycles. The van der Waals surface area contributed by atoms with E-state index in [2.05, 4.69) is 20.8 Å². The van der Waals surface area contributed by atoms with Gasteiger partial charge in [0.1, 0.15) is 5.82 Å². The number of aromatic nitrogens is 3. The van der Waals surface area contributed by atoms with Crippen molar-refractivity contribution in [3.8, 4) is 5.69 Å². The number of hydrogen-bond donors (Lipinski definition) is 2. The highest BCUT2D eigenvalue weighted by atomic mass is 35.5. The lowest BCUT2D eigenvalue weighted by Crippen LogP contribution is -2.41. The van der Waals surface area contributed by atoms with Crippen LogP contribution in [0.2, 0.25) is 5.02 Å². The van der Waals surface area contributed by atoms with Crippen LogP contribution in [0.25, 0.3) is 5.69 Å². The monoisotopic (exact) mass is 441 g/mol. The van der Waals surface area contributed by atoms with Crippen molar-refractivity contribution in [3.63, 3.8) is 0 Å². The third-order valence-electron chi connectivity index (χ3n) is 4.49. The molecule has 7 nitrogen and oxygen atoms in total. The van der Waals surface area contributed by atoms with Crippen LogP contribution < -0.4 is 10.6 Å². The SMILES string of the molecule is O=C(CSc1nnc(Cc2ccccc2)n1-c1ccc(Cl)cc1)NC(=O)NC1CC1. The molecule has 2 N–H and O–H groups in total. The first-order valence-corrected chi connectivity index (χ1v) is 10.9. The van der Waals surface area contributed by atoms with E-state index in [4.69, 9.17) is 11.6 Å². The molecule has 1 aliphatic carbocycles. The van der Waals surface area contributed by atoms with E-state index in [1.54, 1.807) is 12.1 Å². The quantitative estimate of drug-likeness (QED) is 0.547. The van der Waals surface area contributed by atoms with Crippen LogP contribution in [-0.4, -0.2) is 38.5 Å². The van der Waals surface area contributed by atoms with Gasteiger partial charge in [0.25, 0.3) is 0 Å². The Kier molecular flexibility index (Phi) is 6.35. The maximum Gasteiger partial charge on any atom is 0.321 e. The van der Waals surface area contributed by atoms with Gasteiger partial charge in [-0.1, -0.05) is 53.7 Å². The molecule has 1 aliphatic rings. The maximum absolute atomic E-state index is 12.2. The average Bonchev–Trinajstić information content (AvgIpc) is 3.46. The Labute approximate surface area is 183 Å². The van der Waals surface area contributed by atoms with Gasteiger partial charge in [-0.3, -0.25) is 14.7 Å². The molecule has 1 aromatic heterocycles. The molecule has 1 heterocycles. The molecule has 3 aromatic rings. The van der Waals surface area contributed by atoms with Crippen LogP contribution in [0.4, 0.5) is 4.79 Å². The normalized spacial score (nSPS) is 13.1. The molecule has 154 valence electrons. The summed E-state index contributed by atoms with van der Waals surface area (Å²) in [6.07, 6.45) is 2.52. The molecule has 9 heteroatoms. The molecule has 1 fully saturated rings. The molecule has 0 unspecified atom stereocenters. The van der Waals surface area contributed by atoms with E-state index in [1.807, 2.05) is 47.0 Å². The molecule has 0 aliphatic heterocycles. The zero-order chi connectivity index (χ0) is 20.9. The van der Waals surface area contributed by atoms with Crippen molar-refractivity contribution in [2.45, 2.75) is 30.5 Å². The average molecular weight is 442 g/mol. The molecule has 0 atom stereocenters. The molecule has 4 rings (SSSR count). The van der Waals surface area contributed by atoms with Gasteiger partial charge in [-0.15, -0.1) is 10.2 Å². The number of imide groups is 1. The summed E-state index contributed by atoms with van der Waals surface area (Å²) in [4.78, 5) is 23.9. The Morgan fingerprint density at radius 2 is 1.80 bits per heavy atom. The Morgan fingerprint density at radius 1 is 1.07 bits per heavy atom. The third-order valence-corrected chi connectivity index (χ3v) is 5.67. The largest absolute Gasteiger partial charge is 0.335 e. The second kappa shape index (κ2) is 9.32. The molecule has 2 aromatic carbocycles. The number of halogens is 1. The van der Waals surface area contributed by atoms with E-state index in [-0.39, 0.29) is 17.7 Å². The summed E-state index contributed by atoms with van der Waals surface area (Å²) in [5.41, 5.74) is 1.95. The topological polar surface area (TPSA) is 88.9 Å². The van der Waals surface area contributed by atoms with Gasteiger partial charge in [0, 0.05) is 23.2 Å². The zero-order valence-corrected chi connectivity index (χ0v) is 17.6. The predicted molar refractivity (Wildman–Crippen MR) is 116 cm³/mol. The fourth-order valence-corrected chi connectivity index (χ4v) is 3.77. The van der Waals surface area contributed by atoms with Crippen LogP contribution in [0.5, 0.6) is 0 Å². The fourth-order valence-electron chi connectivity index (χ4n) is 2.88. The lowest BCUT2D eigenvalue weighted by Gasteiger charge is -2.11. The van der Waals surface area contributed by atoms with Gasteiger partial charge < -0.3 is 5.32 Å². The molecule has 0 spiro atoms. The number of carbonyl (C=O) groups is 2. The number of nitrogens with zero attached hydrogens (tertiary/aromatic N) is 3. The van der Waals surface area contributed by atoms with Gasteiger partial charge in [0.05, 0.1) is 5.75 Å². The third kappa shape index (κ3) is 5.40. The van der Waals surface area contributed by atoms with Crippen LogP contribution >= 0.6 is 23.4 Å². The minimum Gasteiger partial charge on any atom is -0.335 e. The van der Waals surface area contributed by atoms with Crippen molar-refractivity contribution < 1.29 is 9.59 Å². The van der Waals surface area contributed by atoms with E-state index >= 15 is 0 Å². The number of nitrogens with one attached hydrogen (secondary N) is 2. The minimum atomic E-state index is -0.452. The Hall–Kier alpha value is -2.84. The lowest BCUT2D eigenvalue weighted by molar-refractivity contribution is -0.117. The van der Waals surface area contributed by atoms with Crippen LogP contribution in [-0.2, 0) is 11.2 Å². The molecule has 0 radical (unpaired) electrons. The molecule has 0 bridgehead atoms. The van der Waals surface area contributed by atoms with E-state index in [0.29, 0.717) is 16.6 Å². The number of urea groups is 1. The Balaban J connectivity index is 1.50. The maximum atomic E-state index is 12.2. The van der Waals surface area contributed by atoms with E-state index < -0.39 is 6.03 Å². The van der Waals surface area contributed by atoms with Crippen molar-refractivity contribution in [1.82, 2.24) is 25.4 Å². The van der Waals surface area contributed by atoms with Gasteiger partial charge in [-0.2, -0.15) is 0 Å². The summed E-state index contributed by atoms with van der Waals surface area (Å²) in [7, 11) is 0. The summed E-state index contributed by atoms with van der Waals surface area (Å²) in [5, 5.41) is 14.9. The highest BCUT2D eigenvalue weighted by molar-refractivity contribution is 7.99. The van der Waals surface area contributed by atoms with Crippen LogP contribution in [0, 0.1) is 0 Å². The van der Waals surface area contributed by atoms with Crippen molar-refractivity contribution >= 4 is 35.3 Å². The number of hydrogen-bond acceptors (Lipinski definition) is 5. The molecular weight excluding hydrogens is 422 g/mol. The second-order valence-corrected chi connectivity index (χ2v) is 8.34. The highest BCUT2D eigenvalue weighted by Gasteiger charge is 2.24. The first-order valence-electron chi connectivity index (χ1n) is 9.56. The number of carbonyl (C=O) groups excluding carboxylic acids is 2. The standard InChI is InChI=1S/C21H20ClN5O2S/c22-15-6-10-17(11-7-15)27-18(12-14-4-2-1-3-5-14)25-26-21(27)30-13-19(28)24-20(29)23-16-8-9-16/h1-7,10-11,16H,8-9,12-13H2,(H2,23,24,28,29). The molecule has 30 heavy (non-hydrogen) atoms. The van der Waals surface area contributed by atoms with Gasteiger partial charge in [0.15, 0.2) is 5.16 Å². The summed E-state index contributed by atoms with van der Waals surface area (Å²) in [6, 6.07) is 17.1. The van der Waals surface area contributed by atoms with Gasteiger partial charge in [-0.05, 0) is 42.7 Å². The first kappa shape index (κ1) is 20.4. The minimum absolute atomic E-state index is 0.0507. The summed E-state index contributed by atoms with van der Waals surface area (Å²) in [5.74, 6) is 0.418. The highest BCUT2D eigenvalue weighted by Crippen LogP contribution is 2.24. The fraction of sp³-hybridized carbons (Fsp3) is 0.238.